The number of fused-ring (bicyclic) bond motifs is 1. The maximum absolute atomic E-state index is 12.5. The summed E-state index contributed by atoms with van der Waals surface area (Å²) >= 11 is 0. The molecule has 1 aromatic heterocycles. The molecule has 0 aliphatic carbocycles. The molecule has 0 unspecified atom stereocenters. The average molecular weight is 441 g/mol. The first-order valence-electron chi connectivity index (χ1n) is 12.0. The molecule has 0 amide bonds. The Labute approximate surface area is 195 Å². The first kappa shape index (κ1) is 21.5. The van der Waals surface area contributed by atoms with Gasteiger partial charge in [0.15, 0.2) is 0 Å². The van der Waals surface area contributed by atoms with Gasteiger partial charge < -0.3 is 15.2 Å². The van der Waals surface area contributed by atoms with Crippen molar-refractivity contribution in [3.63, 3.8) is 0 Å². The van der Waals surface area contributed by atoms with Gasteiger partial charge in [-0.25, -0.2) is 4.79 Å². The summed E-state index contributed by atoms with van der Waals surface area (Å²) in [5.74, 6) is 0. The topological polar surface area (TPSA) is 53.1 Å². The van der Waals surface area contributed by atoms with E-state index in [9.17, 15) is 4.79 Å². The van der Waals surface area contributed by atoms with Gasteiger partial charge in [-0.2, -0.15) is 0 Å². The van der Waals surface area contributed by atoms with E-state index < -0.39 is 0 Å². The monoisotopic (exact) mass is 440 g/mol. The summed E-state index contributed by atoms with van der Waals surface area (Å²) in [4.78, 5) is 18.0. The molecule has 0 spiro atoms. The van der Waals surface area contributed by atoms with Gasteiger partial charge in [-0.05, 0) is 56.5 Å². The summed E-state index contributed by atoms with van der Waals surface area (Å²) in [6.07, 6.45) is 3.14. The van der Waals surface area contributed by atoms with Gasteiger partial charge >= 0.3 is 5.69 Å². The van der Waals surface area contributed by atoms with Gasteiger partial charge in [-0.3, -0.25) is 4.57 Å². The Hall–Kier alpha value is -3.31. The number of nitrogens with zero attached hydrogens (tertiary/aromatic N) is 2. The minimum Gasteiger partial charge on any atom is -0.384 e. The summed E-state index contributed by atoms with van der Waals surface area (Å²) in [5, 5.41) is 3.65. The third-order valence-electron chi connectivity index (χ3n) is 6.77. The molecule has 1 aliphatic rings. The van der Waals surface area contributed by atoms with E-state index in [2.05, 4.69) is 70.7 Å². The average Bonchev–Trinajstić information content (AvgIpc) is 3.18. The van der Waals surface area contributed by atoms with Crippen LogP contribution in [0.2, 0.25) is 0 Å². The number of nitrogens with one attached hydrogen (secondary N) is 2. The smallest absolute Gasteiger partial charge is 0.326 e. The minimum absolute atomic E-state index is 0.0196. The number of para-hydroxylation sites is 3. The van der Waals surface area contributed by atoms with Gasteiger partial charge in [0.25, 0.3) is 0 Å². The van der Waals surface area contributed by atoms with E-state index in [1.54, 1.807) is 0 Å². The number of aromatic amines is 1. The number of H-pyrrole nitrogens is 1. The highest BCUT2D eigenvalue weighted by Crippen LogP contribution is 2.28. The lowest BCUT2D eigenvalue weighted by molar-refractivity contribution is 0.186. The number of hydrogen-bond acceptors (Lipinski definition) is 3. The zero-order chi connectivity index (χ0) is 22.6. The quantitative estimate of drug-likeness (QED) is 0.376. The summed E-state index contributed by atoms with van der Waals surface area (Å²) < 4.78 is 1.97. The van der Waals surface area contributed by atoms with Crippen LogP contribution in [0.25, 0.3) is 22.2 Å². The third kappa shape index (κ3) is 4.74. The Kier molecular flexibility index (Phi) is 6.31. The normalized spacial score (nSPS) is 15.2. The second kappa shape index (κ2) is 9.67. The molecular formula is C28H32N4O. The van der Waals surface area contributed by atoms with E-state index in [0.717, 1.165) is 56.5 Å². The fraction of sp³-hybridized carbons (Fsp3) is 0.321. The van der Waals surface area contributed by atoms with Crippen LogP contribution in [0.15, 0.2) is 77.6 Å². The number of hydrogen-bond donors (Lipinski definition) is 2. The predicted octanol–water partition coefficient (Wildman–Crippen LogP) is 5.44. The van der Waals surface area contributed by atoms with E-state index in [-0.39, 0.29) is 11.7 Å². The number of aromatic nitrogens is 2. The molecule has 0 radical (unpaired) electrons. The van der Waals surface area contributed by atoms with Crippen LogP contribution in [-0.4, -0.2) is 40.6 Å². The number of imidazole rings is 1. The second-order valence-corrected chi connectivity index (χ2v) is 9.09. The SMILES string of the molecule is Cc1cccc(-c2ccccc2NCCCN2CCC(n3c(=O)[nH]c4ccccc43)CC2)c1. The standard InChI is InChI=1S/C28H32N4O/c1-21-8-6-9-22(20-21)24-10-2-3-11-25(24)29-16-7-17-31-18-14-23(15-19-31)32-27-13-5-4-12-26(27)30-28(32)33/h2-6,8-13,20,23,29H,7,14-19H2,1H3,(H,30,33). The molecule has 4 aromatic rings. The zero-order valence-electron chi connectivity index (χ0n) is 19.3. The van der Waals surface area contributed by atoms with Gasteiger partial charge in [-0.15, -0.1) is 0 Å². The van der Waals surface area contributed by atoms with Crippen molar-refractivity contribution < 1.29 is 0 Å². The molecule has 0 bridgehead atoms. The van der Waals surface area contributed by atoms with Crippen LogP contribution in [-0.2, 0) is 0 Å². The third-order valence-corrected chi connectivity index (χ3v) is 6.77. The lowest BCUT2D eigenvalue weighted by atomic mass is 10.0. The lowest BCUT2D eigenvalue weighted by Crippen LogP contribution is -2.37. The summed E-state index contributed by atoms with van der Waals surface area (Å²) in [7, 11) is 0. The Morgan fingerprint density at radius 2 is 1.76 bits per heavy atom. The molecule has 33 heavy (non-hydrogen) atoms. The van der Waals surface area contributed by atoms with Crippen molar-refractivity contribution in [1.82, 2.24) is 14.5 Å². The largest absolute Gasteiger partial charge is 0.384 e. The van der Waals surface area contributed by atoms with Crippen LogP contribution in [0.5, 0.6) is 0 Å². The summed E-state index contributed by atoms with van der Waals surface area (Å²) in [6, 6.07) is 25.5. The first-order valence-corrected chi connectivity index (χ1v) is 12.0. The second-order valence-electron chi connectivity index (χ2n) is 9.09. The van der Waals surface area contributed by atoms with Crippen LogP contribution in [0.1, 0.15) is 30.9 Å². The molecule has 1 aliphatic heterocycles. The van der Waals surface area contributed by atoms with Gasteiger partial charge in [-0.1, -0.05) is 60.2 Å². The Morgan fingerprint density at radius 1 is 0.970 bits per heavy atom. The molecule has 5 rings (SSSR count). The van der Waals surface area contributed by atoms with Crippen molar-refractivity contribution in [2.24, 2.45) is 0 Å². The summed E-state index contributed by atoms with van der Waals surface area (Å²) in [6.45, 7) is 6.24. The maximum atomic E-state index is 12.5. The van der Waals surface area contributed by atoms with Crippen LogP contribution in [0.3, 0.4) is 0 Å². The number of anilines is 1. The number of benzene rings is 3. The van der Waals surface area contributed by atoms with Gasteiger partial charge in [0.2, 0.25) is 0 Å². The Morgan fingerprint density at radius 3 is 2.61 bits per heavy atom. The minimum atomic E-state index is 0.0196. The van der Waals surface area contributed by atoms with E-state index in [1.165, 1.54) is 22.4 Å². The molecule has 5 heteroatoms. The highest BCUT2D eigenvalue weighted by atomic mass is 16.1. The number of likely N-dealkylation sites (tertiary alicyclic amines) is 1. The first-order chi connectivity index (χ1) is 16.2. The molecule has 5 nitrogen and oxygen atoms in total. The van der Waals surface area contributed by atoms with E-state index in [0.29, 0.717) is 0 Å². The van der Waals surface area contributed by atoms with Crippen LogP contribution in [0.4, 0.5) is 5.69 Å². The fourth-order valence-corrected chi connectivity index (χ4v) is 5.07. The van der Waals surface area contributed by atoms with Crippen LogP contribution >= 0.6 is 0 Å². The number of rotatable bonds is 7. The molecule has 2 heterocycles. The van der Waals surface area contributed by atoms with Crippen molar-refractivity contribution in [3.8, 4) is 11.1 Å². The molecule has 2 N–H and O–H groups in total. The molecule has 0 saturated carbocycles. The lowest BCUT2D eigenvalue weighted by Gasteiger charge is -2.32. The highest BCUT2D eigenvalue weighted by molar-refractivity contribution is 5.78. The molecule has 1 saturated heterocycles. The molecular weight excluding hydrogens is 408 g/mol. The van der Waals surface area contributed by atoms with Crippen molar-refractivity contribution >= 4 is 16.7 Å². The molecule has 0 atom stereocenters. The Bertz CT molecular complexity index is 1280. The number of piperidine rings is 1. The molecule has 170 valence electrons. The van der Waals surface area contributed by atoms with Crippen LogP contribution < -0.4 is 11.0 Å². The Balaban J connectivity index is 1.13. The van der Waals surface area contributed by atoms with Gasteiger partial charge in [0.05, 0.1) is 11.0 Å². The van der Waals surface area contributed by atoms with E-state index >= 15 is 0 Å². The predicted molar refractivity (Wildman–Crippen MR) is 137 cm³/mol. The zero-order valence-corrected chi connectivity index (χ0v) is 19.3. The maximum Gasteiger partial charge on any atom is 0.326 e. The van der Waals surface area contributed by atoms with Crippen molar-refractivity contribution in [2.45, 2.75) is 32.2 Å². The van der Waals surface area contributed by atoms with Gasteiger partial charge in [0.1, 0.15) is 0 Å². The highest BCUT2D eigenvalue weighted by Gasteiger charge is 2.23. The van der Waals surface area contributed by atoms with Crippen molar-refractivity contribution in [1.29, 1.82) is 0 Å². The fourth-order valence-electron chi connectivity index (χ4n) is 5.07. The van der Waals surface area contributed by atoms with E-state index in [4.69, 9.17) is 0 Å². The summed E-state index contributed by atoms with van der Waals surface area (Å²) in [5.41, 5.74) is 6.96. The van der Waals surface area contributed by atoms with E-state index in [1.807, 2.05) is 28.8 Å². The number of aryl methyl sites for hydroxylation is 1. The van der Waals surface area contributed by atoms with Crippen molar-refractivity contribution in [3.05, 3.63) is 88.8 Å². The van der Waals surface area contributed by atoms with Gasteiger partial charge in [0, 0.05) is 36.9 Å². The molecule has 1 fully saturated rings. The molecule has 3 aromatic carbocycles. The van der Waals surface area contributed by atoms with Crippen LogP contribution in [0, 0.1) is 6.92 Å². The van der Waals surface area contributed by atoms with Crippen molar-refractivity contribution in [2.75, 3.05) is 31.5 Å².